The van der Waals surface area contributed by atoms with Crippen molar-refractivity contribution in [3.63, 3.8) is 0 Å². The highest BCUT2D eigenvalue weighted by molar-refractivity contribution is 6.74. The average Bonchev–Trinajstić information content (AvgIpc) is 2.90. The van der Waals surface area contributed by atoms with Gasteiger partial charge in [0.2, 0.25) is 0 Å². The van der Waals surface area contributed by atoms with E-state index in [0.29, 0.717) is 13.2 Å². The summed E-state index contributed by atoms with van der Waals surface area (Å²) in [5.74, 6) is 0. The Bertz CT molecular complexity index is 1020. The van der Waals surface area contributed by atoms with Crippen LogP contribution in [0.15, 0.2) is 72.8 Å². The van der Waals surface area contributed by atoms with E-state index in [2.05, 4.69) is 33.9 Å². The lowest BCUT2D eigenvalue weighted by Crippen LogP contribution is -2.61. The molecule has 39 heavy (non-hydrogen) atoms. The lowest BCUT2D eigenvalue weighted by molar-refractivity contribution is -0.190. The first-order chi connectivity index (χ1) is 18.4. The summed E-state index contributed by atoms with van der Waals surface area (Å²) < 4.78 is 31.6. The van der Waals surface area contributed by atoms with Gasteiger partial charge in [-0.05, 0) is 29.3 Å². The van der Waals surface area contributed by atoms with Crippen LogP contribution < -0.4 is 0 Å². The van der Waals surface area contributed by atoms with Crippen LogP contribution in [0.5, 0.6) is 0 Å². The molecule has 1 aliphatic rings. The van der Waals surface area contributed by atoms with E-state index < -0.39 is 44.3 Å². The molecule has 0 spiro atoms. The maximum absolute atomic E-state index is 11.9. The molecule has 0 bridgehead atoms. The quantitative estimate of drug-likeness (QED) is 0.194. The van der Waals surface area contributed by atoms with Crippen molar-refractivity contribution >= 4 is 8.32 Å². The van der Waals surface area contributed by atoms with E-state index in [-0.39, 0.29) is 11.8 Å². The van der Waals surface area contributed by atoms with Gasteiger partial charge in [0.25, 0.3) is 0 Å². The first-order valence-corrected chi connectivity index (χ1v) is 16.7. The predicted molar refractivity (Wildman–Crippen MR) is 158 cm³/mol. The highest BCUT2D eigenvalue weighted by atomic mass is 28.4. The Morgan fingerprint density at radius 3 is 1.82 bits per heavy atom. The summed E-state index contributed by atoms with van der Waals surface area (Å²) in [5, 5.41) is 11.8. The van der Waals surface area contributed by atoms with Crippen molar-refractivity contribution in [1.29, 1.82) is 0 Å². The van der Waals surface area contributed by atoms with Crippen LogP contribution in [0.2, 0.25) is 18.1 Å². The topological polar surface area (TPSA) is 66.4 Å². The second kappa shape index (κ2) is 13.7. The molecule has 1 aliphatic carbocycles. The maximum Gasteiger partial charge on any atom is 0.192 e. The predicted octanol–water partition coefficient (Wildman–Crippen LogP) is 6.49. The summed E-state index contributed by atoms with van der Waals surface area (Å²) in [4.78, 5) is 0. The third kappa shape index (κ3) is 8.33. The molecule has 3 rings (SSSR count). The van der Waals surface area contributed by atoms with Crippen molar-refractivity contribution in [1.82, 2.24) is 0 Å². The standard InChI is InChI=1S/C32H48O6Si/c1-31(2,3)39(7,8)38-30-28(36-22-25-17-13-10-14-18-25)26(37-23-34-6)19-20-27(29(33)32(30,4)5)35-21-24-15-11-9-12-16-24/h9-20,26-30,33H,21-23H2,1-8H3/b20-19-. The number of hydrogen-bond donors (Lipinski definition) is 1. The lowest BCUT2D eigenvalue weighted by Gasteiger charge is -2.51. The number of ether oxygens (including phenoxy) is 4. The minimum Gasteiger partial charge on any atom is -0.411 e. The van der Waals surface area contributed by atoms with Gasteiger partial charge in [-0.25, -0.2) is 0 Å². The molecule has 0 saturated carbocycles. The molecule has 216 valence electrons. The fourth-order valence-electron chi connectivity index (χ4n) is 4.49. The van der Waals surface area contributed by atoms with Crippen molar-refractivity contribution in [3.8, 4) is 0 Å². The summed E-state index contributed by atoms with van der Waals surface area (Å²) in [6.45, 7) is 16.1. The zero-order valence-corrected chi connectivity index (χ0v) is 25.9. The Labute approximate surface area is 236 Å². The van der Waals surface area contributed by atoms with Crippen molar-refractivity contribution in [3.05, 3.63) is 83.9 Å². The molecule has 0 fully saturated rings. The summed E-state index contributed by atoms with van der Waals surface area (Å²) in [7, 11) is -0.690. The Hall–Kier alpha value is -1.84. The SMILES string of the molecule is COCOC1/C=C\C(OCc2ccccc2)C(O)C(C)(C)C(O[Si](C)(C)C(C)(C)C)C1OCc1ccccc1. The third-order valence-electron chi connectivity index (χ3n) is 8.10. The van der Waals surface area contributed by atoms with Crippen LogP contribution in [0.25, 0.3) is 0 Å². The number of rotatable bonds is 11. The van der Waals surface area contributed by atoms with Crippen molar-refractivity contribution in [2.45, 2.75) is 96.5 Å². The van der Waals surface area contributed by atoms with E-state index in [1.54, 1.807) is 7.11 Å². The van der Waals surface area contributed by atoms with E-state index in [1.165, 1.54) is 0 Å². The van der Waals surface area contributed by atoms with Crippen molar-refractivity contribution in [2.75, 3.05) is 13.9 Å². The van der Waals surface area contributed by atoms with Crippen LogP contribution in [0, 0.1) is 5.41 Å². The molecule has 5 atom stereocenters. The summed E-state index contributed by atoms with van der Waals surface area (Å²) in [5.41, 5.74) is 1.36. The molecule has 5 unspecified atom stereocenters. The molecule has 0 saturated heterocycles. The number of methoxy groups -OCH3 is 1. The van der Waals surface area contributed by atoms with Crippen LogP contribution in [0.4, 0.5) is 0 Å². The van der Waals surface area contributed by atoms with Gasteiger partial charge in [-0.1, -0.05) is 107 Å². The lowest BCUT2D eigenvalue weighted by atomic mass is 9.73. The van der Waals surface area contributed by atoms with Gasteiger partial charge in [-0.2, -0.15) is 0 Å². The normalized spacial score (nSPS) is 26.5. The number of benzene rings is 2. The molecule has 2 aromatic rings. The van der Waals surface area contributed by atoms with E-state index in [9.17, 15) is 5.11 Å². The minimum atomic E-state index is -2.30. The van der Waals surface area contributed by atoms with E-state index in [1.807, 2.05) is 86.7 Å². The molecule has 0 aliphatic heterocycles. The average molecular weight is 557 g/mol. The van der Waals surface area contributed by atoms with Crippen LogP contribution >= 0.6 is 0 Å². The zero-order chi connectivity index (χ0) is 28.7. The molecule has 0 radical (unpaired) electrons. The number of hydrogen-bond acceptors (Lipinski definition) is 6. The Morgan fingerprint density at radius 2 is 1.31 bits per heavy atom. The minimum absolute atomic E-state index is 0.0394. The van der Waals surface area contributed by atoms with Gasteiger partial charge in [0.1, 0.15) is 25.1 Å². The van der Waals surface area contributed by atoms with E-state index in [0.717, 1.165) is 11.1 Å². The first-order valence-electron chi connectivity index (χ1n) is 13.8. The van der Waals surface area contributed by atoms with Gasteiger partial charge in [0.15, 0.2) is 8.32 Å². The highest BCUT2D eigenvalue weighted by Gasteiger charge is 2.52. The van der Waals surface area contributed by atoms with Gasteiger partial charge in [-0.3, -0.25) is 0 Å². The Kier molecular flexibility index (Phi) is 11.1. The fourth-order valence-corrected chi connectivity index (χ4v) is 5.92. The molecule has 1 N–H and O–H groups in total. The van der Waals surface area contributed by atoms with Gasteiger partial charge in [0, 0.05) is 12.5 Å². The van der Waals surface area contributed by atoms with Crippen LogP contribution in [0.3, 0.4) is 0 Å². The van der Waals surface area contributed by atoms with Crippen molar-refractivity contribution in [2.24, 2.45) is 5.41 Å². The monoisotopic (exact) mass is 556 g/mol. The first kappa shape index (κ1) is 31.7. The Morgan fingerprint density at radius 1 is 0.795 bits per heavy atom. The molecular weight excluding hydrogens is 508 g/mol. The maximum atomic E-state index is 11.9. The van der Waals surface area contributed by atoms with Gasteiger partial charge in [0.05, 0.1) is 25.4 Å². The summed E-state index contributed by atoms with van der Waals surface area (Å²) in [6.07, 6.45) is 0.977. The molecule has 7 heteroatoms. The second-order valence-electron chi connectivity index (χ2n) is 12.5. The molecule has 6 nitrogen and oxygen atoms in total. The summed E-state index contributed by atoms with van der Waals surface area (Å²) >= 11 is 0. The van der Waals surface area contributed by atoms with Crippen LogP contribution in [-0.2, 0) is 36.6 Å². The second-order valence-corrected chi connectivity index (χ2v) is 17.3. The molecular formula is C32H48O6Si. The van der Waals surface area contributed by atoms with Crippen molar-refractivity contribution < 1.29 is 28.5 Å². The van der Waals surface area contributed by atoms with Gasteiger partial charge >= 0.3 is 0 Å². The van der Waals surface area contributed by atoms with Crippen LogP contribution in [0.1, 0.15) is 45.7 Å². The van der Waals surface area contributed by atoms with Gasteiger partial charge in [-0.15, -0.1) is 0 Å². The number of aliphatic hydroxyl groups excluding tert-OH is 1. The molecule has 2 aromatic carbocycles. The fraction of sp³-hybridized carbons (Fsp3) is 0.562. The highest BCUT2D eigenvalue weighted by Crippen LogP contribution is 2.44. The van der Waals surface area contributed by atoms with Crippen LogP contribution in [-0.4, -0.2) is 57.8 Å². The third-order valence-corrected chi connectivity index (χ3v) is 12.6. The van der Waals surface area contributed by atoms with E-state index in [4.69, 9.17) is 23.4 Å². The smallest absolute Gasteiger partial charge is 0.192 e. The Balaban J connectivity index is 2.02. The molecule has 0 amide bonds. The van der Waals surface area contributed by atoms with E-state index >= 15 is 0 Å². The summed E-state index contributed by atoms with van der Waals surface area (Å²) in [6, 6.07) is 20.1. The largest absolute Gasteiger partial charge is 0.411 e. The molecule has 0 heterocycles. The molecule has 0 aromatic heterocycles. The zero-order valence-electron chi connectivity index (χ0n) is 24.9. The van der Waals surface area contributed by atoms with Gasteiger partial charge < -0.3 is 28.5 Å². The number of aliphatic hydroxyl groups is 1.